The Morgan fingerprint density at radius 3 is 1.95 bits per heavy atom. The number of piperazine rings is 1. The summed E-state index contributed by atoms with van der Waals surface area (Å²) in [7, 11) is 6.48. The van der Waals surface area contributed by atoms with Gasteiger partial charge in [-0.05, 0) is 47.7 Å². The highest BCUT2D eigenvalue weighted by Gasteiger charge is 2.41. The molecule has 7 heteroatoms. The van der Waals surface area contributed by atoms with Gasteiger partial charge in [-0.25, -0.2) is 0 Å². The summed E-state index contributed by atoms with van der Waals surface area (Å²) in [6.07, 6.45) is 1.16. The molecule has 1 aliphatic heterocycles. The van der Waals surface area contributed by atoms with Crippen molar-refractivity contribution < 1.29 is 23.8 Å². The lowest BCUT2D eigenvalue weighted by Gasteiger charge is -2.42. The summed E-state index contributed by atoms with van der Waals surface area (Å²) in [5, 5.41) is 0. The van der Waals surface area contributed by atoms with Crippen LogP contribution in [0.5, 0.6) is 17.2 Å². The maximum absolute atomic E-state index is 13.5. The molecule has 2 amide bonds. The van der Waals surface area contributed by atoms with Gasteiger partial charge in [-0.2, -0.15) is 0 Å². The maximum atomic E-state index is 13.5. The van der Waals surface area contributed by atoms with Crippen molar-refractivity contribution in [3.8, 4) is 28.4 Å². The number of carbonyl (C=O) groups excluding carboxylic acids is 2. The number of ether oxygens (including phenoxy) is 3. The van der Waals surface area contributed by atoms with Crippen molar-refractivity contribution in [2.75, 3.05) is 34.9 Å². The van der Waals surface area contributed by atoms with Crippen LogP contribution in [0.4, 0.5) is 0 Å². The Kier molecular flexibility index (Phi) is 8.01. The highest BCUT2D eigenvalue weighted by atomic mass is 16.5. The third kappa shape index (κ3) is 5.40. The molecule has 3 aromatic rings. The third-order valence-electron chi connectivity index (χ3n) is 7.07. The average Bonchev–Trinajstić information content (AvgIpc) is 2.94. The molecule has 1 heterocycles. The molecule has 2 atom stereocenters. The van der Waals surface area contributed by atoms with Crippen LogP contribution in [0.25, 0.3) is 11.1 Å². The van der Waals surface area contributed by atoms with Crippen molar-refractivity contribution in [1.29, 1.82) is 0 Å². The summed E-state index contributed by atoms with van der Waals surface area (Å²) in [5.74, 6) is 1.66. The van der Waals surface area contributed by atoms with Gasteiger partial charge in [0.1, 0.15) is 12.1 Å². The van der Waals surface area contributed by atoms with Crippen LogP contribution in [0.2, 0.25) is 0 Å². The van der Waals surface area contributed by atoms with Gasteiger partial charge in [-0.1, -0.05) is 54.6 Å². The molecule has 4 rings (SSSR count). The zero-order valence-corrected chi connectivity index (χ0v) is 22.1. The van der Waals surface area contributed by atoms with Crippen molar-refractivity contribution >= 4 is 11.8 Å². The Morgan fingerprint density at radius 1 is 0.757 bits per heavy atom. The van der Waals surface area contributed by atoms with E-state index in [0.717, 1.165) is 22.3 Å². The smallest absolute Gasteiger partial charge is 0.246 e. The van der Waals surface area contributed by atoms with Crippen molar-refractivity contribution in [3.05, 3.63) is 77.9 Å². The van der Waals surface area contributed by atoms with E-state index < -0.39 is 12.1 Å². The van der Waals surface area contributed by atoms with E-state index in [1.807, 2.05) is 73.7 Å². The fourth-order valence-corrected chi connectivity index (χ4v) is 4.86. The van der Waals surface area contributed by atoms with Gasteiger partial charge in [0, 0.05) is 20.0 Å². The number of hydrogen-bond acceptors (Lipinski definition) is 5. The third-order valence-corrected chi connectivity index (χ3v) is 7.07. The highest BCUT2D eigenvalue weighted by Crippen LogP contribution is 2.41. The Hall–Kier alpha value is -4.00. The first-order valence-corrected chi connectivity index (χ1v) is 12.4. The Morgan fingerprint density at radius 2 is 1.38 bits per heavy atom. The van der Waals surface area contributed by atoms with E-state index in [9.17, 15) is 9.59 Å². The number of amides is 2. The zero-order valence-electron chi connectivity index (χ0n) is 22.1. The van der Waals surface area contributed by atoms with Gasteiger partial charge in [0.25, 0.3) is 0 Å². The monoisotopic (exact) mass is 502 g/mol. The van der Waals surface area contributed by atoms with E-state index in [-0.39, 0.29) is 11.8 Å². The minimum Gasteiger partial charge on any atom is -0.493 e. The topological polar surface area (TPSA) is 68.3 Å². The second-order valence-corrected chi connectivity index (χ2v) is 9.22. The molecular weight excluding hydrogens is 468 g/mol. The number of rotatable bonds is 9. The lowest BCUT2D eigenvalue weighted by molar-refractivity contribution is -0.159. The SMILES string of the molecule is COc1cc(-c2ccc(CC3C(=O)N(CCc4ccccc4)[C@@H](C)C(=O)N3C)cc2)cc(OC)c1OC. The van der Waals surface area contributed by atoms with Crippen molar-refractivity contribution in [3.63, 3.8) is 0 Å². The molecule has 0 saturated carbocycles. The average molecular weight is 503 g/mol. The molecule has 0 aromatic heterocycles. The molecule has 0 aliphatic carbocycles. The summed E-state index contributed by atoms with van der Waals surface area (Å²) in [5.41, 5.74) is 4.02. The molecule has 0 spiro atoms. The van der Waals surface area contributed by atoms with Crippen LogP contribution in [0, 0.1) is 0 Å². The van der Waals surface area contributed by atoms with E-state index in [1.54, 1.807) is 38.2 Å². The van der Waals surface area contributed by atoms with E-state index in [2.05, 4.69) is 0 Å². The fourth-order valence-electron chi connectivity index (χ4n) is 4.86. The molecular formula is C30H34N2O5. The first-order valence-electron chi connectivity index (χ1n) is 12.4. The van der Waals surface area contributed by atoms with E-state index >= 15 is 0 Å². The highest BCUT2D eigenvalue weighted by molar-refractivity contribution is 5.96. The van der Waals surface area contributed by atoms with Crippen molar-refractivity contribution in [1.82, 2.24) is 9.80 Å². The second-order valence-electron chi connectivity index (χ2n) is 9.22. The largest absolute Gasteiger partial charge is 0.493 e. The van der Waals surface area contributed by atoms with E-state index in [0.29, 0.717) is 36.6 Å². The van der Waals surface area contributed by atoms with Gasteiger partial charge >= 0.3 is 0 Å². The summed E-state index contributed by atoms with van der Waals surface area (Å²) in [4.78, 5) is 29.8. The lowest BCUT2D eigenvalue weighted by atomic mass is 9.96. The van der Waals surface area contributed by atoms with Crippen LogP contribution in [-0.4, -0.2) is 68.6 Å². The first kappa shape index (κ1) is 26.1. The van der Waals surface area contributed by atoms with Gasteiger partial charge in [0.2, 0.25) is 17.6 Å². The molecule has 3 aromatic carbocycles. The van der Waals surface area contributed by atoms with Gasteiger partial charge in [0.05, 0.1) is 21.3 Å². The summed E-state index contributed by atoms with van der Waals surface area (Å²) in [6.45, 7) is 2.32. The summed E-state index contributed by atoms with van der Waals surface area (Å²) in [6, 6.07) is 20.8. The van der Waals surface area contributed by atoms with Crippen LogP contribution in [-0.2, 0) is 22.4 Å². The summed E-state index contributed by atoms with van der Waals surface area (Å²) >= 11 is 0. The zero-order chi connectivity index (χ0) is 26.5. The number of carbonyl (C=O) groups is 2. The molecule has 1 saturated heterocycles. The lowest BCUT2D eigenvalue weighted by Crippen LogP contribution is -2.63. The standard InChI is InChI=1S/C30H34N2O5/c1-20-29(33)31(2)25(30(34)32(20)16-15-21-9-7-6-8-10-21)17-22-11-13-23(14-12-22)24-18-26(35-3)28(37-5)27(19-24)36-4/h6-14,18-20,25H,15-17H2,1-5H3/t20-,25?/m0/s1. The van der Waals surface area contributed by atoms with Crippen LogP contribution in [0.1, 0.15) is 18.1 Å². The number of methoxy groups -OCH3 is 3. The fraction of sp³-hybridized carbons (Fsp3) is 0.333. The molecule has 0 radical (unpaired) electrons. The Balaban J connectivity index is 1.52. The van der Waals surface area contributed by atoms with Crippen LogP contribution < -0.4 is 14.2 Å². The van der Waals surface area contributed by atoms with Gasteiger partial charge in [-0.3, -0.25) is 9.59 Å². The summed E-state index contributed by atoms with van der Waals surface area (Å²) < 4.78 is 16.4. The molecule has 0 N–H and O–H groups in total. The number of likely N-dealkylation sites (N-methyl/N-ethyl adjacent to an activating group) is 1. The van der Waals surface area contributed by atoms with E-state index in [1.165, 1.54) is 0 Å². The minimum atomic E-state index is -0.536. The number of hydrogen-bond donors (Lipinski definition) is 0. The van der Waals surface area contributed by atoms with Crippen LogP contribution in [0.3, 0.4) is 0 Å². The predicted molar refractivity (Wildman–Crippen MR) is 143 cm³/mol. The number of benzene rings is 3. The first-order chi connectivity index (χ1) is 17.9. The normalized spacial score (nSPS) is 17.6. The maximum Gasteiger partial charge on any atom is 0.246 e. The van der Waals surface area contributed by atoms with Gasteiger partial charge < -0.3 is 24.0 Å². The van der Waals surface area contributed by atoms with Gasteiger partial charge in [-0.15, -0.1) is 0 Å². The Labute approximate surface area is 218 Å². The Bertz CT molecular complexity index is 1220. The van der Waals surface area contributed by atoms with Crippen molar-refractivity contribution in [2.45, 2.75) is 31.8 Å². The van der Waals surface area contributed by atoms with Crippen molar-refractivity contribution in [2.24, 2.45) is 0 Å². The van der Waals surface area contributed by atoms with Gasteiger partial charge in [0.15, 0.2) is 11.5 Å². The van der Waals surface area contributed by atoms with E-state index in [4.69, 9.17) is 14.2 Å². The van der Waals surface area contributed by atoms with Crippen LogP contribution >= 0.6 is 0 Å². The predicted octanol–water partition coefficient (Wildman–Crippen LogP) is 4.22. The molecule has 0 bridgehead atoms. The second kappa shape index (κ2) is 11.4. The molecule has 7 nitrogen and oxygen atoms in total. The minimum absolute atomic E-state index is 0.0146. The molecule has 1 unspecified atom stereocenters. The molecule has 194 valence electrons. The molecule has 37 heavy (non-hydrogen) atoms. The molecule has 1 fully saturated rings. The quantitative estimate of drug-likeness (QED) is 0.438. The molecule has 1 aliphatic rings. The number of nitrogens with zero attached hydrogens (tertiary/aromatic N) is 2. The van der Waals surface area contributed by atoms with Crippen LogP contribution in [0.15, 0.2) is 66.7 Å².